The van der Waals surface area contributed by atoms with Crippen LogP contribution in [0.5, 0.6) is 0 Å². The summed E-state index contributed by atoms with van der Waals surface area (Å²) in [5, 5.41) is 7.81. The molecule has 138 valence electrons. The number of nitrogens with zero attached hydrogens (tertiary/aromatic N) is 1. The van der Waals surface area contributed by atoms with E-state index in [1.165, 1.54) is 11.3 Å². The number of hydrogen-bond donors (Lipinski definition) is 2. The lowest BCUT2D eigenvalue weighted by Crippen LogP contribution is -2.36. The molecule has 0 spiro atoms. The van der Waals surface area contributed by atoms with Gasteiger partial charge in [0.25, 0.3) is 0 Å². The molecule has 0 saturated carbocycles. The predicted molar refractivity (Wildman–Crippen MR) is 113 cm³/mol. The maximum atomic E-state index is 6.16. The van der Waals surface area contributed by atoms with Crippen LogP contribution < -0.4 is 15.5 Å². The molecule has 0 bridgehead atoms. The van der Waals surface area contributed by atoms with Crippen molar-refractivity contribution >= 4 is 40.3 Å². The van der Waals surface area contributed by atoms with E-state index in [1.54, 1.807) is 0 Å². The molecule has 1 saturated heterocycles. The van der Waals surface area contributed by atoms with Crippen molar-refractivity contribution in [3.8, 4) is 0 Å². The van der Waals surface area contributed by atoms with E-state index in [4.69, 9.17) is 28.6 Å². The summed E-state index contributed by atoms with van der Waals surface area (Å²) in [6, 6.07) is 14.5. The second-order valence-corrected chi connectivity index (χ2v) is 7.29. The molecule has 0 aliphatic carbocycles. The Hall–Kier alpha value is -1.82. The summed E-state index contributed by atoms with van der Waals surface area (Å²) < 4.78 is 5.41. The first-order chi connectivity index (χ1) is 12.5. The van der Waals surface area contributed by atoms with E-state index in [0.29, 0.717) is 5.11 Å². The minimum absolute atomic E-state index is 0.106. The fraction of sp³-hybridized carbons (Fsp3) is 0.350. The topological polar surface area (TPSA) is 36.5 Å². The van der Waals surface area contributed by atoms with Crippen LogP contribution in [0.25, 0.3) is 0 Å². The molecule has 2 aromatic rings. The van der Waals surface area contributed by atoms with Crippen molar-refractivity contribution in [2.24, 2.45) is 0 Å². The zero-order valence-corrected chi connectivity index (χ0v) is 16.7. The van der Waals surface area contributed by atoms with Gasteiger partial charge in [-0.2, -0.15) is 0 Å². The SMILES string of the molecule is Cc1ccc(NC(=S)NC(C)c2ccc(N3CCOCC3)cc2)cc1Cl. The van der Waals surface area contributed by atoms with Crippen LogP contribution in [0.15, 0.2) is 42.5 Å². The van der Waals surface area contributed by atoms with Gasteiger partial charge < -0.3 is 20.3 Å². The molecule has 1 fully saturated rings. The Kier molecular flexibility index (Phi) is 6.35. The highest BCUT2D eigenvalue weighted by molar-refractivity contribution is 7.80. The highest BCUT2D eigenvalue weighted by Gasteiger charge is 2.12. The van der Waals surface area contributed by atoms with Crippen LogP contribution in [-0.4, -0.2) is 31.4 Å². The van der Waals surface area contributed by atoms with Gasteiger partial charge in [-0.1, -0.05) is 29.8 Å². The van der Waals surface area contributed by atoms with Crippen molar-refractivity contribution in [3.63, 3.8) is 0 Å². The van der Waals surface area contributed by atoms with E-state index >= 15 is 0 Å². The van der Waals surface area contributed by atoms with E-state index in [9.17, 15) is 0 Å². The summed E-state index contributed by atoms with van der Waals surface area (Å²) in [5.41, 5.74) is 4.35. The van der Waals surface area contributed by atoms with Crippen molar-refractivity contribution in [1.82, 2.24) is 5.32 Å². The van der Waals surface area contributed by atoms with Gasteiger partial charge in [-0.25, -0.2) is 0 Å². The average Bonchev–Trinajstić information content (AvgIpc) is 2.65. The Balaban J connectivity index is 1.57. The Labute approximate surface area is 165 Å². The van der Waals surface area contributed by atoms with E-state index in [2.05, 4.69) is 46.7 Å². The van der Waals surface area contributed by atoms with Gasteiger partial charge in [0.1, 0.15) is 0 Å². The van der Waals surface area contributed by atoms with Crippen molar-refractivity contribution in [2.75, 3.05) is 36.5 Å². The average molecular weight is 390 g/mol. The number of morpholine rings is 1. The number of anilines is 2. The Morgan fingerprint density at radius 1 is 1.15 bits per heavy atom. The monoisotopic (exact) mass is 389 g/mol. The highest BCUT2D eigenvalue weighted by atomic mass is 35.5. The van der Waals surface area contributed by atoms with Gasteiger partial charge in [-0.05, 0) is 61.5 Å². The molecule has 0 aromatic heterocycles. The van der Waals surface area contributed by atoms with Gasteiger partial charge in [0, 0.05) is 29.5 Å². The summed E-state index contributed by atoms with van der Waals surface area (Å²) in [4.78, 5) is 2.35. The van der Waals surface area contributed by atoms with Crippen LogP contribution in [0.1, 0.15) is 24.1 Å². The lowest BCUT2D eigenvalue weighted by molar-refractivity contribution is 0.122. The van der Waals surface area contributed by atoms with E-state index in [-0.39, 0.29) is 6.04 Å². The van der Waals surface area contributed by atoms with Gasteiger partial charge >= 0.3 is 0 Å². The van der Waals surface area contributed by atoms with E-state index in [0.717, 1.165) is 42.6 Å². The van der Waals surface area contributed by atoms with Crippen LogP contribution in [0, 0.1) is 6.92 Å². The molecule has 1 unspecified atom stereocenters. The molecule has 2 N–H and O–H groups in total. The van der Waals surface area contributed by atoms with Gasteiger partial charge in [0.05, 0.1) is 19.3 Å². The summed E-state index contributed by atoms with van der Waals surface area (Å²) in [6.07, 6.45) is 0. The number of benzene rings is 2. The third-order valence-electron chi connectivity index (χ3n) is 4.55. The maximum Gasteiger partial charge on any atom is 0.171 e. The minimum Gasteiger partial charge on any atom is -0.378 e. The van der Waals surface area contributed by atoms with Crippen LogP contribution in [0.4, 0.5) is 11.4 Å². The molecule has 2 aromatic carbocycles. The zero-order chi connectivity index (χ0) is 18.5. The molecule has 1 aliphatic rings. The molecule has 4 nitrogen and oxygen atoms in total. The number of rotatable bonds is 4. The first kappa shape index (κ1) is 19.0. The van der Waals surface area contributed by atoms with E-state index in [1.807, 2.05) is 25.1 Å². The van der Waals surface area contributed by atoms with Crippen LogP contribution in [0.3, 0.4) is 0 Å². The van der Waals surface area contributed by atoms with Gasteiger partial charge in [-0.15, -0.1) is 0 Å². The Morgan fingerprint density at radius 3 is 2.50 bits per heavy atom. The molecule has 3 rings (SSSR count). The lowest BCUT2D eigenvalue weighted by atomic mass is 10.1. The largest absolute Gasteiger partial charge is 0.378 e. The van der Waals surface area contributed by atoms with Crippen molar-refractivity contribution in [3.05, 3.63) is 58.6 Å². The molecule has 6 heteroatoms. The van der Waals surface area contributed by atoms with E-state index < -0.39 is 0 Å². The second kappa shape index (κ2) is 8.71. The second-order valence-electron chi connectivity index (χ2n) is 6.48. The summed E-state index contributed by atoms with van der Waals surface area (Å²) in [6.45, 7) is 7.55. The lowest BCUT2D eigenvalue weighted by Gasteiger charge is -2.29. The minimum atomic E-state index is 0.106. The molecule has 1 atom stereocenters. The Morgan fingerprint density at radius 2 is 1.85 bits per heavy atom. The molecular weight excluding hydrogens is 366 g/mol. The van der Waals surface area contributed by atoms with Crippen molar-refractivity contribution in [2.45, 2.75) is 19.9 Å². The maximum absolute atomic E-state index is 6.16. The predicted octanol–water partition coefficient (Wildman–Crippen LogP) is 4.53. The normalized spacial score (nSPS) is 15.4. The number of nitrogens with one attached hydrogen (secondary N) is 2. The summed E-state index contributed by atoms with van der Waals surface area (Å²) in [7, 11) is 0. The fourth-order valence-corrected chi connectivity index (χ4v) is 3.39. The van der Waals surface area contributed by atoms with Gasteiger partial charge in [0.2, 0.25) is 0 Å². The summed E-state index contributed by atoms with van der Waals surface area (Å²) >= 11 is 11.6. The van der Waals surface area contributed by atoms with Crippen LogP contribution >= 0.6 is 23.8 Å². The fourth-order valence-electron chi connectivity index (χ4n) is 2.91. The molecule has 0 radical (unpaired) electrons. The molecule has 26 heavy (non-hydrogen) atoms. The quantitative estimate of drug-likeness (QED) is 0.751. The molecule has 0 amide bonds. The van der Waals surface area contributed by atoms with Gasteiger partial charge in [-0.3, -0.25) is 0 Å². The first-order valence-electron chi connectivity index (χ1n) is 8.79. The third-order valence-corrected chi connectivity index (χ3v) is 5.17. The van der Waals surface area contributed by atoms with Gasteiger partial charge in [0.15, 0.2) is 5.11 Å². The number of ether oxygens (including phenoxy) is 1. The summed E-state index contributed by atoms with van der Waals surface area (Å²) in [5.74, 6) is 0. The number of thiocarbonyl (C=S) groups is 1. The Bertz CT molecular complexity index is 760. The standard InChI is InChI=1S/C20H24ClN3OS/c1-14-3-6-17(13-19(14)21)23-20(26)22-15(2)16-4-7-18(8-5-16)24-9-11-25-12-10-24/h3-8,13,15H,9-12H2,1-2H3,(H2,22,23,26). The van der Waals surface area contributed by atoms with Crippen molar-refractivity contribution < 1.29 is 4.74 Å². The molecule has 1 heterocycles. The third kappa shape index (κ3) is 4.87. The first-order valence-corrected chi connectivity index (χ1v) is 9.58. The highest BCUT2D eigenvalue weighted by Crippen LogP contribution is 2.22. The number of hydrogen-bond acceptors (Lipinski definition) is 3. The molecular formula is C20H24ClN3OS. The van der Waals surface area contributed by atoms with Crippen LogP contribution in [0.2, 0.25) is 5.02 Å². The number of halogens is 1. The van der Waals surface area contributed by atoms with Crippen molar-refractivity contribution in [1.29, 1.82) is 0 Å². The zero-order valence-electron chi connectivity index (χ0n) is 15.1. The number of aryl methyl sites for hydroxylation is 1. The van der Waals surface area contributed by atoms with Crippen LogP contribution in [-0.2, 0) is 4.74 Å². The smallest absolute Gasteiger partial charge is 0.171 e. The molecule has 1 aliphatic heterocycles.